The topological polar surface area (TPSA) is 75.7 Å². The lowest BCUT2D eigenvalue weighted by Crippen LogP contribution is -2.32. The van der Waals surface area contributed by atoms with Crippen LogP contribution in [0.2, 0.25) is 0 Å². The fraction of sp³-hybridized carbons (Fsp3) is 0.350. The average molecular weight is 408 g/mol. The average Bonchev–Trinajstić information content (AvgIpc) is 2.64. The molecule has 0 aromatic heterocycles. The van der Waals surface area contributed by atoms with Crippen molar-refractivity contribution < 1.29 is 22.3 Å². The van der Waals surface area contributed by atoms with E-state index in [0.717, 1.165) is 17.6 Å². The van der Waals surface area contributed by atoms with Crippen molar-refractivity contribution >= 4 is 21.6 Å². The summed E-state index contributed by atoms with van der Waals surface area (Å²) in [6.45, 7) is 2.84. The summed E-state index contributed by atoms with van der Waals surface area (Å²) in [5, 5.41) is 2.74. The Hall–Kier alpha value is -2.61. The van der Waals surface area contributed by atoms with Crippen LogP contribution in [0.5, 0.6) is 5.75 Å². The number of carbonyl (C=O) groups is 1. The molecule has 152 valence electrons. The molecule has 2 aromatic carbocycles. The molecule has 0 spiro atoms. The number of anilines is 1. The van der Waals surface area contributed by atoms with Gasteiger partial charge in [-0.3, -0.25) is 9.10 Å². The molecule has 6 nitrogen and oxygen atoms in total. The van der Waals surface area contributed by atoms with Gasteiger partial charge in [0.15, 0.2) is 0 Å². The fourth-order valence-electron chi connectivity index (χ4n) is 2.56. The van der Waals surface area contributed by atoms with E-state index in [1.807, 2.05) is 31.2 Å². The Labute approximate surface area is 165 Å². The molecule has 0 aliphatic carbocycles. The first kappa shape index (κ1) is 21.7. The number of nitrogens with one attached hydrogen (secondary N) is 1. The Bertz CT molecular complexity index is 868. The summed E-state index contributed by atoms with van der Waals surface area (Å²) in [6, 6.07) is 12.8. The number of halogens is 1. The summed E-state index contributed by atoms with van der Waals surface area (Å²) in [7, 11) is -3.52. The molecule has 0 unspecified atom stereocenters. The second kappa shape index (κ2) is 10.1. The molecule has 28 heavy (non-hydrogen) atoms. The Morgan fingerprint density at radius 3 is 2.36 bits per heavy atom. The van der Waals surface area contributed by atoms with Gasteiger partial charge in [-0.2, -0.15) is 0 Å². The van der Waals surface area contributed by atoms with Crippen molar-refractivity contribution in [3.63, 3.8) is 0 Å². The maximum Gasteiger partial charge on any atom is 0.232 e. The number of benzene rings is 2. The van der Waals surface area contributed by atoms with Gasteiger partial charge in [0, 0.05) is 13.0 Å². The first-order valence-electron chi connectivity index (χ1n) is 8.95. The van der Waals surface area contributed by atoms with Crippen LogP contribution in [-0.2, 0) is 14.8 Å². The molecule has 0 radical (unpaired) electrons. The first-order valence-corrected chi connectivity index (χ1v) is 10.8. The van der Waals surface area contributed by atoms with Gasteiger partial charge in [-0.15, -0.1) is 0 Å². The van der Waals surface area contributed by atoms with E-state index in [4.69, 9.17) is 4.74 Å². The molecule has 0 aliphatic rings. The van der Waals surface area contributed by atoms with Crippen LogP contribution in [0.3, 0.4) is 0 Å². The third kappa shape index (κ3) is 7.19. The van der Waals surface area contributed by atoms with Crippen LogP contribution in [0.1, 0.15) is 18.4 Å². The van der Waals surface area contributed by atoms with Crippen LogP contribution in [0.25, 0.3) is 0 Å². The van der Waals surface area contributed by atoms with Crippen LogP contribution in [0.15, 0.2) is 48.5 Å². The zero-order chi connectivity index (χ0) is 20.6. The fourth-order valence-corrected chi connectivity index (χ4v) is 3.52. The van der Waals surface area contributed by atoms with Crippen molar-refractivity contribution in [2.24, 2.45) is 0 Å². The highest BCUT2D eigenvalue weighted by Gasteiger charge is 2.17. The van der Waals surface area contributed by atoms with Crippen LogP contribution in [0.4, 0.5) is 10.1 Å². The summed E-state index contributed by atoms with van der Waals surface area (Å²) in [4.78, 5) is 11.9. The standard InChI is InChI=1S/C20H25FN2O4S/c1-16-5-11-19(12-6-16)27-15-13-22-20(24)4-3-14-23(28(2,25)26)18-9-7-17(21)8-10-18/h5-12H,3-4,13-15H2,1-2H3,(H,22,24). The second-order valence-corrected chi connectivity index (χ2v) is 8.33. The molecule has 0 heterocycles. The number of sulfonamides is 1. The molecule has 1 N–H and O–H groups in total. The molecule has 0 atom stereocenters. The molecule has 0 saturated heterocycles. The van der Waals surface area contributed by atoms with E-state index < -0.39 is 15.8 Å². The highest BCUT2D eigenvalue weighted by atomic mass is 32.2. The third-order valence-electron chi connectivity index (χ3n) is 3.99. The van der Waals surface area contributed by atoms with Gasteiger partial charge < -0.3 is 10.1 Å². The molecule has 2 rings (SSSR count). The van der Waals surface area contributed by atoms with E-state index >= 15 is 0 Å². The third-order valence-corrected chi connectivity index (χ3v) is 5.19. The molecule has 0 saturated carbocycles. The number of hydrogen-bond donors (Lipinski definition) is 1. The molecule has 1 amide bonds. The van der Waals surface area contributed by atoms with Crippen LogP contribution in [0, 0.1) is 12.7 Å². The molecule has 8 heteroatoms. The number of amides is 1. The van der Waals surface area contributed by atoms with Crippen molar-refractivity contribution in [2.45, 2.75) is 19.8 Å². The van der Waals surface area contributed by atoms with Gasteiger partial charge in [-0.05, 0) is 49.7 Å². The van der Waals surface area contributed by atoms with E-state index in [1.54, 1.807) is 0 Å². The Balaban J connectivity index is 1.73. The zero-order valence-corrected chi connectivity index (χ0v) is 16.8. The monoisotopic (exact) mass is 408 g/mol. The lowest BCUT2D eigenvalue weighted by molar-refractivity contribution is -0.121. The summed E-state index contributed by atoms with van der Waals surface area (Å²) in [6.07, 6.45) is 1.60. The molecule has 0 fully saturated rings. The lowest BCUT2D eigenvalue weighted by atomic mass is 10.2. The van der Waals surface area contributed by atoms with Gasteiger partial charge >= 0.3 is 0 Å². The predicted octanol–water partition coefficient (Wildman–Crippen LogP) is 2.88. The van der Waals surface area contributed by atoms with Crippen LogP contribution in [-0.4, -0.2) is 40.3 Å². The SMILES string of the molecule is Cc1ccc(OCCNC(=O)CCCN(c2ccc(F)cc2)S(C)(=O)=O)cc1. The molecule has 0 bridgehead atoms. The quantitative estimate of drug-likeness (QED) is 0.614. The summed E-state index contributed by atoms with van der Waals surface area (Å²) >= 11 is 0. The number of aryl methyl sites for hydroxylation is 1. The Morgan fingerprint density at radius 1 is 1.11 bits per heavy atom. The van der Waals surface area contributed by atoms with Crippen molar-refractivity contribution in [3.8, 4) is 5.75 Å². The molecular weight excluding hydrogens is 383 g/mol. The minimum Gasteiger partial charge on any atom is -0.492 e. The van der Waals surface area contributed by atoms with Gasteiger partial charge in [-0.1, -0.05) is 17.7 Å². The summed E-state index contributed by atoms with van der Waals surface area (Å²) < 4.78 is 43.7. The highest BCUT2D eigenvalue weighted by Crippen LogP contribution is 2.18. The first-order chi connectivity index (χ1) is 13.3. The lowest BCUT2D eigenvalue weighted by Gasteiger charge is -2.22. The van der Waals surface area contributed by atoms with Gasteiger partial charge in [0.2, 0.25) is 15.9 Å². The number of rotatable bonds is 10. The van der Waals surface area contributed by atoms with Crippen molar-refractivity contribution in [1.82, 2.24) is 5.32 Å². The number of carbonyl (C=O) groups excluding carboxylic acids is 1. The number of hydrogen-bond acceptors (Lipinski definition) is 4. The van der Waals surface area contributed by atoms with E-state index in [-0.39, 0.29) is 18.9 Å². The maximum absolute atomic E-state index is 13.0. The van der Waals surface area contributed by atoms with Gasteiger partial charge in [0.25, 0.3) is 0 Å². The molecular formula is C20H25FN2O4S. The van der Waals surface area contributed by atoms with Crippen LogP contribution >= 0.6 is 0 Å². The summed E-state index contributed by atoms with van der Waals surface area (Å²) in [5.74, 6) is 0.118. The van der Waals surface area contributed by atoms with E-state index in [2.05, 4.69) is 5.32 Å². The number of nitrogens with zero attached hydrogens (tertiary/aromatic N) is 1. The normalized spacial score (nSPS) is 11.1. The van der Waals surface area contributed by atoms with E-state index in [0.29, 0.717) is 25.3 Å². The maximum atomic E-state index is 13.0. The smallest absolute Gasteiger partial charge is 0.232 e. The Kier molecular flexibility index (Phi) is 7.80. The molecule has 2 aromatic rings. The second-order valence-electron chi connectivity index (χ2n) is 6.43. The Morgan fingerprint density at radius 2 is 1.75 bits per heavy atom. The predicted molar refractivity (Wildman–Crippen MR) is 108 cm³/mol. The van der Waals surface area contributed by atoms with Gasteiger partial charge in [-0.25, -0.2) is 12.8 Å². The van der Waals surface area contributed by atoms with Crippen molar-refractivity contribution in [2.75, 3.05) is 30.3 Å². The largest absolute Gasteiger partial charge is 0.492 e. The van der Waals surface area contributed by atoms with E-state index in [9.17, 15) is 17.6 Å². The minimum absolute atomic E-state index is 0.137. The van der Waals surface area contributed by atoms with Crippen LogP contribution < -0.4 is 14.4 Å². The molecule has 0 aliphatic heterocycles. The zero-order valence-electron chi connectivity index (χ0n) is 16.0. The van der Waals surface area contributed by atoms with Gasteiger partial charge in [0.05, 0.1) is 18.5 Å². The van der Waals surface area contributed by atoms with Crippen molar-refractivity contribution in [3.05, 3.63) is 59.9 Å². The number of ether oxygens (including phenoxy) is 1. The van der Waals surface area contributed by atoms with E-state index in [1.165, 1.54) is 28.6 Å². The minimum atomic E-state index is -3.52. The van der Waals surface area contributed by atoms with Crippen molar-refractivity contribution in [1.29, 1.82) is 0 Å². The highest BCUT2D eigenvalue weighted by molar-refractivity contribution is 7.92. The van der Waals surface area contributed by atoms with Gasteiger partial charge in [0.1, 0.15) is 18.2 Å². The summed E-state index contributed by atoms with van der Waals surface area (Å²) in [5.41, 5.74) is 1.51.